The molecule has 90 valence electrons. The minimum absolute atomic E-state index is 0.172. The van der Waals surface area contributed by atoms with E-state index in [4.69, 9.17) is 0 Å². The number of carbonyl (C=O) groups excluding carboxylic acids is 1. The molecule has 0 bridgehead atoms. The van der Waals surface area contributed by atoms with Gasteiger partial charge in [-0.05, 0) is 11.6 Å². The quantitative estimate of drug-likeness (QED) is 0.778. The van der Waals surface area contributed by atoms with Gasteiger partial charge in [-0.3, -0.25) is 14.2 Å². The number of nitrogens with one attached hydrogen (secondary N) is 1. The first-order valence-electron chi connectivity index (χ1n) is 5.42. The number of rotatable bonds is 3. The smallest absolute Gasteiger partial charge is 0.271 e. The van der Waals surface area contributed by atoms with E-state index in [0.717, 1.165) is 10.5 Å². The SMILES string of the molecule is O=C(NCc1cccnc1)c1cn2ccsc2n1. The third-order valence-corrected chi connectivity index (χ3v) is 3.27. The van der Waals surface area contributed by atoms with E-state index in [1.165, 1.54) is 11.3 Å². The number of thiazole rings is 1. The van der Waals surface area contributed by atoms with Crippen LogP contribution < -0.4 is 5.32 Å². The Kier molecular flexibility index (Phi) is 2.77. The number of hydrogen-bond acceptors (Lipinski definition) is 4. The fourth-order valence-corrected chi connectivity index (χ4v) is 2.31. The molecule has 0 radical (unpaired) electrons. The number of carbonyl (C=O) groups is 1. The first kappa shape index (κ1) is 10.9. The second-order valence-electron chi connectivity index (χ2n) is 3.76. The van der Waals surface area contributed by atoms with Crippen LogP contribution in [0.5, 0.6) is 0 Å². The molecule has 0 aliphatic rings. The molecule has 0 aromatic carbocycles. The Morgan fingerprint density at radius 1 is 1.50 bits per heavy atom. The maximum Gasteiger partial charge on any atom is 0.271 e. The predicted molar refractivity (Wildman–Crippen MR) is 68.5 cm³/mol. The highest BCUT2D eigenvalue weighted by molar-refractivity contribution is 7.15. The zero-order valence-corrected chi connectivity index (χ0v) is 10.2. The van der Waals surface area contributed by atoms with Crippen LogP contribution in [0, 0.1) is 0 Å². The molecule has 0 saturated heterocycles. The minimum atomic E-state index is -0.172. The van der Waals surface area contributed by atoms with Gasteiger partial charge < -0.3 is 5.32 Å². The summed E-state index contributed by atoms with van der Waals surface area (Å²) in [5, 5.41) is 4.75. The number of aromatic nitrogens is 3. The predicted octanol–water partition coefficient (Wildman–Crippen LogP) is 1.72. The van der Waals surface area contributed by atoms with Crippen LogP contribution in [0.25, 0.3) is 4.96 Å². The standard InChI is InChI=1S/C12H10N4OS/c17-11(14-7-9-2-1-3-13-6-9)10-8-16-4-5-18-12(16)15-10/h1-6,8H,7H2,(H,14,17). The van der Waals surface area contributed by atoms with Crippen molar-refractivity contribution in [3.8, 4) is 0 Å². The summed E-state index contributed by atoms with van der Waals surface area (Å²) in [6.07, 6.45) is 7.04. The lowest BCUT2D eigenvalue weighted by Gasteiger charge is -2.02. The molecule has 3 rings (SSSR count). The van der Waals surface area contributed by atoms with Crippen LogP contribution >= 0.6 is 11.3 Å². The Morgan fingerprint density at radius 3 is 3.22 bits per heavy atom. The lowest BCUT2D eigenvalue weighted by Crippen LogP contribution is -2.23. The van der Waals surface area contributed by atoms with E-state index in [1.807, 2.05) is 28.1 Å². The van der Waals surface area contributed by atoms with Crippen molar-refractivity contribution in [3.05, 3.63) is 53.6 Å². The molecule has 0 fully saturated rings. The Balaban J connectivity index is 1.70. The molecular weight excluding hydrogens is 248 g/mol. The van der Waals surface area contributed by atoms with Gasteiger partial charge in [0.05, 0.1) is 0 Å². The van der Waals surface area contributed by atoms with Gasteiger partial charge in [0.15, 0.2) is 4.96 Å². The third-order valence-electron chi connectivity index (χ3n) is 2.50. The van der Waals surface area contributed by atoms with E-state index in [9.17, 15) is 4.79 Å². The molecule has 3 heterocycles. The molecule has 3 aromatic heterocycles. The van der Waals surface area contributed by atoms with Crippen molar-refractivity contribution < 1.29 is 4.79 Å². The number of amides is 1. The van der Waals surface area contributed by atoms with Crippen LogP contribution in [-0.4, -0.2) is 20.3 Å². The van der Waals surface area contributed by atoms with Gasteiger partial charge in [0.1, 0.15) is 5.69 Å². The molecule has 5 nitrogen and oxygen atoms in total. The molecule has 3 aromatic rings. The first-order chi connectivity index (χ1) is 8.83. The molecule has 1 N–H and O–H groups in total. The average molecular weight is 258 g/mol. The minimum Gasteiger partial charge on any atom is -0.347 e. The van der Waals surface area contributed by atoms with Gasteiger partial charge in [-0.1, -0.05) is 6.07 Å². The van der Waals surface area contributed by atoms with E-state index in [-0.39, 0.29) is 5.91 Å². The highest BCUT2D eigenvalue weighted by Gasteiger charge is 2.10. The van der Waals surface area contributed by atoms with Crippen molar-refractivity contribution in [1.29, 1.82) is 0 Å². The topological polar surface area (TPSA) is 59.3 Å². The lowest BCUT2D eigenvalue weighted by atomic mass is 10.3. The summed E-state index contributed by atoms with van der Waals surface area (Å²) >= 11 is 1.50. The fraction of sp³-hybridized carbons (Fsp3) is 0.0833. The summed E-state index contributed by atoms with van der Waals surface area (Å²) in [5.74, 6) is -0.172. The molecule has 0 unspecified atom stereocenters. The van der Waals surface area contributed by atoms with Crippen LogP contribution in [-0.2, 0) is 6.54 Å². The van der Waals surface area contributed by atoms with Crippen LogP contribution in [0.2, 0.25) is 0 Å². The van der Waals surface area contributed by atoms with E-state index < -0.39 is 0 Å². The zero-order chi connectivity index (χ0) is 12.4. The first-order valence-corrected chi connectivity index (χ1v) is 6.30. The van der Waals surface area contributed by atoms with Gasteiger partial charge >= 0.3 is 0 Å². The Bertz CT molecular complexity index is 645. The second kappa shape index (κ2) is 4.58. The molecule has 18 heavy (non-hydrogen) atoms. The molecule has 0 aliphatic carbocycles. The summed E-state index contributed by atoms with van der Waals surface area (Å²) in [5.41, 5.74) is 1.40. The summed E-state index contributed by atoms with van der Waals surface area (Å²) in [6.45, 7) is 0.456. The molecule has 0 atom stereocenters. The van der Waals surface area contributed by atoms with Crippen LogP contribution in [0.1, 0.15) is 16.1 Å². The lowest BCUT2D eigenvalue weighted by molar-refractivity contribution is 0.0946. The summed E-state index contributed by atoms with van der Waals surface area (Å²) < 4.78 is 1.84. The Morgan fingerprint density at radius 2 is 2.44 bits per heavy atom. The van der Waals surface area contributed by atoms with Gasteiger partial charge in [-0.2, -0.15) is 0 Å². The number of nitrogens with zero attached hydrogens (tertiary/aromatic N) is 3. The zero-order valence-electron chi connectivity index (χ0n) is 9.41. The Hall–Kier alpha value is -2.21. The van der Waals surface area contributed by atoms with Crippen molar-refractivity contribution in [2.24, 2.45) is 0 Å². The second-order valence-corrected chi connectivity index (χ2v) is 4.64. The van der Waals surface area contributed by atoms with Crippen molar-refractivity contribution in [3.63, 3.8) is 0 Å². The van der Waals surface area contributed by atoms with E-state index in [2.05, 4.69) is 15.3 Å². The van der Waals surface area contributed by atoms with Crippen molar-refractivity contribution in [2.75, 3.05) is 0 Å². The van der Waals surface area contributed by atoms with Crippen molar-refractivity contribution >= 4 is 22.2 Å². The Labute approximate surface area is 107 Å². The van der Waals surface area contributed by atoms with E-state index in [0.29, 0.717) is 12.2 Å². The normalized spacial score (nSPS) is 10.7. The number of pyridine rings is 1. The summed E-state index contributed by atoms with van der Waals surface area (Å²) in [7, 11) is 0. The third kappa shape index (κ3) is 2.10. The highest BCUT2D eigenvalue weighted by Crippen LogP contribution is 2.11. The number of imidazole rings is 1. The molecular formula is C12H10N4OS. The fourth-order valence-electron chi connectivity index (χ4n) is 1.61. The van der Waals surface area contributed by atoms with Crippen LogP contribution in [0.4, 0.5) is 0 Å². The maximum atomic E-state index is 11.9. The van der Waals surface area contributed by atoms with Gasteiger partial charge in [-0.15, -0.1) is 11.3 Å². The van der Waals surface area contributed by atoms with Crippen LogP contribution in [0.15, 0.2) is 42.3 Å². The average Bonchev–Trinajstić information content (AvgIpc) is 2.98. The van der Waals surface area contributed by atoms with E-state index in [1.54, 1.807) is 18.6 Å². The maximum absolute atomic E-state index is 11.9. The largest absolute Gasteiger partial charge is 0.347 e. The summed E-state index contributed by atoms with van der Waals surface area (Å²) in [6, 6.07) is 3.76. The van der Waals surface area contributed by atoms with Crippen molar-refractivity contribution in [2.45, 2.75) is 6.54 Å². The molecule has 0 saturated carbocycles. The summed E-state index contributed by atoms with van der Waals surface area (Å²) in [4.78, 5) is 20.9. The van der Waals surface area contributed by atoms with Gasteiger partial charge in [-0.25, -0.2) is 4.98 Å². The number of fused-ring (bicyclic) bond motifs is 1. The van der Waals surface area contributed by atoms with Gasteiger partial charge in [0.25, 0.3) is 5.91 Å². The highest BCUT2D eigenvalue weighted by atomic mass is 32.1. The monoisotopic (exact) mass is 258 g/mol. The molecule has 0 aliphatic heterocycles. The van der Waals surface area contributed by atoms with Gasteiger partial charge in [0, 0.05) is 36.7 Å². The van der Waals surface area contributed by atoms with Crippen LogP contribution in [0.3, 0.4) is 0 Å². The number of hydrogen-bond donors (Lipinski definition) is 1. The van der Waals surface area contributed by atoms with Crippen molar-refractivity contribution in [1.82, 2.24) is 19.7 Å². The molecule has 6 heteroatoms. The molecule has 1 amide bonds. The molecule has 0 spiro atoms. The van der Waals surface area contributed by atoms with E-state index >= 15 is 0 Å². The van der Waals surface area contributed by atoms with Gasteiger partial charge in [0.2, 0.25) is 0 Å².